The number of halogens is 2. The van der Waals surface area contributed by atoms with E-state index < -0.39 is 22.2 Å². The molecule has 4 heterocycles. The van der Waals surface area contributed by atoms with Crippen molar-refractivity contribution in [2.24, 2.45) is 0 Å². The maximum atomic E-state index is 12.6. The number of hydrogen-bond acceptors (Lipinski definition) is 4. The molecule has 0 saturated carbocycles. The maximum absolute atomic E-state index is 12.6. The molecule has 0 aliphatic carbocycles. The molecule has 0 spiro atoms. The second-order valence-corrected chi connectivity index (χ2v) is 7.19. The molecule has 0 aliphatic rings. The molecule has 0 aromatic carbocycles. The Kier molecular flexibility index (Phi) is 3.76. The minimum atomic E-state index is -0.625. The monoisotopic (exact) mass is 418 g/mol. The van der Waals surface area contributed by atoms with Gasteiger partial charge >= 0.3 is 0 Å². The topological polar surface area (TPSA) is 85.9 Å². The summed E-state index contributed by atoms with van der Waals surface area (Å²) in [6.45, 7) is 6.49. The molecule has 4 aromatic rings. The van der Waals surface area contributed by atoms with Crippen LogP contribution in [0, 0.1) is 39.5 Å². The van der Waals surface area contributed by atoms with Gasteiger partial charge in [0.15, 0.2) is 0 Å². The van der Waals surface area contributed by atoms with Crippen LogP contribution in [0.5, 0.6) is 0 Å². The Labute approximate surface area is 166 Å². The third kappa shape index (κ3) is 2.03. The molecule has 0 N–H and O–H groups in total. The van der Waals surface area contributed by atoms with Crippen LogP contribution in [0.4, 0.5) is 0 Å². The van der Waals surface area contributed by atoms with Gasteiger partial charge in [-0.1, -0.05) is 35.0 Å². The predicted molar refractivity (Wildman–Crippen MR) is 104 cm³/mol. The summed E-state index contributed by atoms with van der Waals surface area (Å²) in [6.07, 6.45) is 0. The van der Waals surface area contributed by atoms with E-state index in [-0.39, 0.29) is 21.2 Å². The van der Waals surface area contributed by atoms with E-state index in [1.807, 2.05) is 0 Å². The lowest BCUT2D eigenvalue weighted by molar-refractivity contribution is 0.768. The van der Waals surface area contributed by atoms with Crippen LogP contribution < -0.4 is 22.2 Å². The Balaban J connectivity index is 2.02. The van der Waals surface area contributed by atoms with E-state index in [4.69, 9.17) is 23.2 Å². The van der Waals surface area contributed by atoms with Gasteiger partial charge in [0.25, 0.3) is 22.2 Å². The minimum absolute atomic E-state index is 0.0321. The van der Waals surface area contributed by atoms with E-state index in [1.165, 1.54) is 9.03 Å². The van der Waals surface area contributed by atoms with E-state index in [0.717, 1.165) is 9.03 Å². The largest absolute Gasteiger partial charge is 0.293 e. The fraction of sp³-hybridized carbons (Fsp3) is 0.222. The minimum Gasteiger partial charge on any atom is -0.266 e. The van der Waals surface area contributed by atoms with Crippen molar-refractivity contribution in [3.63, 3.8) is 0 Å². The van der Waals surface area contributed by atoms with Crippen molar-refractivity contribution in [3.05, 3.63) is 85.4 Å². The number of rotatable bonds is 0. The molecular formula is C18H12Cl2N4O4. The first-order chi connectivity index (χ1) is 13.1. The van der Waals surface area contributed by atoms with Gasteiger partial charge in [-0.25, -0.2) is 9.03 Å². The van der Waals surface area contributed by atoms with Gasteiger partial charge in [-0.05, 0) is 27.7 Å². The van der Waals surface area contributed by atoms with Gasteiger partial charge < -0.3 is 0 Å². The van der Waals surface area contributed by atoms with Crippen molar-refractivity contribution in [1.82, 2.24) is 18.1 Å². The van der Waals surface area contributed by atoms with Gasteiger partial charge in [0, 0.05) is 0 Å². The molecule has 8 nitrogen and oxygen atoms in total. The summed E-state index contributed by atoms with van der Waals surface area (Å²) in [7, 11) is 0. The molecule has 0 aliphatic heterocycles. The first-order valence-corrected chi connectivity index (χ1v) is 8.89. The van der Waals surface area contributed by atoms with Crippen LogP contribution in [0.25, 0.3) is 0 Å². The van der Waals surface area contributed by atoms with Gasteiger partial charge in [-0.15, -0.1) is 0 Å². The predicted octanol–water partition coefficient (Wildman–Crippen LogP) is 0.648. The lowest BCUT2D eigenvalue weighted by Crippen LogP contribution is -2.23. The highest BCUT2D eigenvalue weighted by Gasteiger charge is 2.22. The summed E-state index contributed by atoms with van der Waals surface area (Å²) in [5.41, 5.74) is -0.635. The molecule has 0 radical (unpaired) electrons. The highest BCUT2D eigenvalue weighted by atomic mass is 35.5. The molecule has 142 valence electrons. The Hall–Kier alpha value is -3.02. The molecule has 4 aromatic heterocycles. The van der Waals surface area contributed by atoms with Crippen molar-refractivity contribution in [2.45, 2.75) is 27.7 Å². The fourth-order valence-corrected chi connectivity index (χ4v) is 3.80. The molecule has 10 heteroatoms. The average molecular weight is 419 g/mol. The highest BCUT2D eigenvalue weighted by Crippen LogP contribution is 2.14. The van der Waals surface area contributed by atoms with Crippen LogP contribution in [0.2, 0.25) is 10.0 Å². The summed E-state index contributed by atoms with van der Waals surface area (Å²) in [4.78, 5) is 49.6. The highest BCUT2D eigenvalue weighted by molar-refractivity contribution is 6.31. The lowest BCUT2D eigenvalue weighted by Gasteiger charge is -1.94. The quantitative estimate of drug-likeness (QED) is 0.392. The van der Waals surface area contributed by atoms with E-state index in [2.05, 4.69) is 11.8 Å². The second-order valence-electron chi connectivity index (χ2n) is 6.44. The number of aromatic nitrogens is 4. The van der Waals surface area contributed by atoms with Gasteiger partial charge in [-0.3, -0.25) is 19.2 Å². The summed E-state index contributed by atoms with van der Waals surface area (Å²) in [6, 6.07) is 0. The van der Waals surface area contributed by atoms with E-state index >= 15 is 0 Å². The van der Waals surface area contributed by atoms with E-state index in [9.17, 15) is 19.2 Å². The molecule has 28 heavy (non-hydrogen) atoms. The molecule has 0 fully saturated rings. The van der Waals surface area contributed by atoms with Crippen molar-refractivity contribution in [2.75, 3.05) is 0 Å². The Morgan fingerprint density at radius 2 is 0.857 bits per heavy atom. The number of fused-ring (bicyclic) bond motifs is 2. The smallest absolute Gasteiger partial charge is 0.266 e. The lowest BCUT2D eigenvalue weighted by atomic mass is 10.2. The molecule has 0 atom stereocenters. The van der Waals surface area contributed by atoms with Gasteiger partial charge in [0.2, 0.25) is 0 Å². The summed E-state index contributed by atoms with van der Waals surface area (Å²) in [5, 5.41) is -0.0642. The van der Waals surface area contributed by atoms with Crippen LogP contribution in [0.15, 0.2) is 19.2 Å². The second kappa shape index (κ2) is 5.74. The van der Waals surface area contributed by atoms with Crippen LogP contribution in [0.3, 0.4) is 0 Å². The van der Waals surface area contributed by atoms with Crippen LogP contribution in [-0.4, -0.2) is 18.1 Å². The fourth-order valence-electron chi connectivity index (χ4n) is 3.48. The maximum Gasteiger partial charge on any atom is 0.293 e. The zero-order valence-corrected chi connectivity index (χ0v) is 16.7. The van der Waals surface area contributed by atoms with Crippen LogP contribution in [0.1, 0.15) is 33.9 Å². The van der Waals surface area contributed by atoms with E-state index in [0.29, 0.717) is 22.8 Å². The third-order valence-electron chi connectivity index (χ3n) is 4.91. The SMILES string of the molecule is Cc1c(Cl)c(=O)n2c(=O)c(C#Cc3c(C)n4c(C)c(Cl)c(=O)n4c3=O)c(C)n12. The van der Waals surface area contributed by atoms with Crippen molar-refractivity contribution < 1.29 is 0 Å². The zero-order chi connectivity index (χ0) is 20.7. The average Bonchev–Trinajstić information content (AvgIpc) is 3.22. The molecule has 0 amide bonds. The van der Waals surface area contributed by atoms with E-state index in [1.54, 1.807) is 27.7 Å². The Bertz CT molecular complexity index is 1490. The van der Waals surface area contributed by atoms with Crippen LogP contribution in [-0.2, 0) is 0 Å². The molecule has 0 unspecified atom stereocenters. The Morgan fingerprint density at radius 1 is 0.536 bits per heavy atom. The number of aryl methyl sites for hydroxylation is 4. The van der Waals surface area contributed by atoms with Gasteiger partial charge in [-0.2, -0.15) is 9.03 Å². The number of hydrogen-bond donors (Lipinski definition) is 0. The van der Waals surface area contributed by atoms with Crippen molar-refractivity contribution in [1.29, 1.82) is 0 Å². The Morgan fingerprint density at radius 3 is 1.14 bits per heavy atom. The standard InChI is InChI=1S/C18H12Cl2N4O4/c1-7-11(15(25)23-17(27)13(19)9(3)21(7)23)5-6-12-8(2)22-10(4)14(20)18(28)24(22)16(12)26/h1-4H3. The molecular weight excluding hydrogens is 407 g/mol. The van der Waals surface area contributed by atoms with Gasteiger partial charge in [0.1, 0.15) is 21.2 Å². The molecule has 0 bridgehead atoms. The summed E-state index contributed by atoms with van der Waals surface area (Å²) >= 11 is 11.9. The van der Waals surface area contributed by atoms with Crippen LogP contribution >= 0.6 is 23.2 Å². The first kappa shape index (κ1) is 18.3. The summed E-state index contributed by atoms with van der Waals surface area (Å²) < 4.78 is 4.61. The van der Waals surface area contributed by atoms with Crippen molar-refractivity contribution >= 4 is 23.2 Å². The normalized spacial score (nSPS) is 11.5. The van der Waals surface area contributed by atoms with Gasteiger partial charge in [0.05, 0.1) is 22.8 Å². The number of nitrogens with zero attached hydrogens (tertiary/aromatic N) is 4. The molecule has 0 saturated heterocycles. The molecule has 4 rings (SSSR count). The van der Waals surface area contributed by atoms with Crippen molar-refractivity contribution in [3.8, 4) is 11.8 Å². The third-order valence-corrected chi connectivity index (χ3v) is 5.79. The first-order valence-electron chi connectivity index (χ1n) is 8.13. The summed E-state index contributed by atoms with van der Waals surface area (Å²) in [5.74, 6) is 5.37. The zero-order valence-electron chi connectivity index (χ0n) is 15.2.